The number of imide groups is 1. The minimum absolute atomic E-state index is 0.0855. The molecule has 0 aliphatic carbocycles. The van der Waals surface area contributed by atoms with Crippen molar-refractivity contribution in [2.45, 2.75) is 18.4 Å². The Bertz CT molecular complexity index is 1310. The Kier molecular flexibility index (Phi) is 5.06. The molecule has 1 N–H and O–H groups in total. The van der Waals surface area contributed by atoms with Crippen LogP contribution in [0.4, 0.5) is 5.69 Å². The first-order valence-corrected chi connectivity index (χ1v) is 12.0. The Labute approximate surface area is 203 Å². The van der Waals surface area contributed by atoms with Gasteiger partial charge in [0.1, 0.15) is 5.54 Å². The van der Waals surface area contributed by atoms with Crippen LogP contribution in [-0.4, -0.2) is 59.4 Å². The van der Waals surface area contributed by atoms with Crippen molar-refractivity contribution in [1.82, 2.24) is 15.1 Å². The van der Waals surface area contributed by atoms with E-state index in [2.05, 4.69) is 15.1 Å². The third kappa shape index (κ3) is 3.38. The monoisotopic (exact) mass is 466 g/mol. The normalized spacial score (nSPS) is 19.3. The van der Waals surface area contributed by atoms with Gasteiger partial charge in [0.2, 0.25) is 5.91 Å². The Morgan fingerprint density at radius 2 is 1.49 bits per heavy atom. The third-order valence-electron chi connectivity index (χ3n) is 7.49. The van der Waals surface area contributed by atoms with Gasteiger partial charge in [-0.2, -0.15) is 0 Å². The first-order valence-electron chi connectivity index (χ1n) is 12.0. The minimum atomic E-state index is -0.535. The van der Waals surface area contributed by atoms with Crippen LogP contribution in [0.15, 0.2) is 79.0 Å². The molecular weight excluding hydrogens is 440 g/mol. The van der Waals surface area contributed by atoms with Gasteiger partial charge in [-0.15, -0.1) is 0 Å². The van der Waals surface area contributed by atoms with Crippen LogP contribution in [0.2, 0.25) is 0 Å². The van der Waals surface area contributed by atoms with Gasteiger partial charge >= 0.3 is 0 Å². The van der Waals surface area contributed by atoms with Gasteiger partial charge in [-0.1, -0.05) is 42.5 Å². The number of amides is 3. The van der Waals surface area contributed by atoms with Crippen LogP contribution in [0, 0.1) is 0 Å². The number of para-hydroxylation sites is 1. The molecule has 2 saturated heterocycles. The van der Waals surface area contributed by atoms with Crippen LogP contribution in [-0.2, 0) is 4.79 Å². The number of anilines is 1. The van der Waals surface area contributed by atoms with Crippen LogP contribution >= 0.6 is 0 Å². The molecule has 7 heteroatoms. The summed E-state index contributed by atoms with van der Waals surface area (Å²) < 4.78 is 0. The number of benzene rings is 3. The fraction of sp³-hybridized carbons (Fsp3) is 0.250. The Morgan fingerprint density at radius 1 is 0.829 bits per heavy atom. The molecule has 0 bridgehead atoms. The molecule has 3 amide bonds. The molecule has 6 rings (SSSR count). The lowest BCUT2D eigenvalue weighted by Gasteiger charge is -2.43. The summed E-state index contributed by atoms with van der Waals surface area (Å²) in [5, 5.41) is 4.67. The molecular formula is C28H26N4O3. The van der Waals surface area contributed by atoms with E-state index in [1.807, 2.05) is 66.9 Å². The van der Waals surface area contributed by atoms with Crippen molar-refractivity contribution in [1.29, 1.82) is 0 Å². The summed E-state index contributed by atoms with van der Waals surface area (Å²) in [6, 6.07) is 21.2. The smallest absolute Gasteiger partial charge is 0.261 e. The average molecular weight is 467 g/mol. The second kappa shape index (κ2) is 8.27. The number of hydrogen-bond acceptors (Lipinski definition) is 5. The highest BCUT2D eigenvalue weighted by Crippen LogP contribution is 2.36. The summed E-state index contributed by atoms with van der Waals surface area (Å²) in [5.74, 6) is -0.437. The second-order valence-electron chi connectivity index (χ2n) is 9.31. The van der Waals surface area contributed by atoms with E-state index in [0.717, 1.165) is 29.5 Å². The molecule has 0 unspecified atom stereocenters. The Balaban J connectivity index is 1.14. The molecule has 3 aromatic carbocycles. The van der Waals surface area contributed by atoms with E-state index >= 15 is 0 Å². The van der Waals surface area contributed by atoms with E-state index in [-0.39, 0.29) is 24.3 Å². The zero-order chi connectivity index (χ0) is 24.0. The maximum absolute atomic E-state index is 13.1. The number of nitrogens with zero attached hydrogens (tertiary/aromatic N) is 3. The predicted octanol–water partition coefficient (Wildman–Crippen LogP) is 3.38. The summed E-state index contributed by atoms with van der Waals surface area (Å²) in [4.78, 5) is 44.6. The van der Waals surface area contributed by atoms with Gasteiger partial charge in [0.15, 0.2) is 0 Å². The number of rotatable bonds is 4. The van der Waals surface area contributed by atoms with Crippen LogP contribution in [0.5, 0.6) is 0 Å². The maximum Gasteiger partial charge on any atom is 0.261 e. The van der Waals surface area contributed by atoms with E-state index in [1.165, 1.54) is 4.90 Å². The highest BCUT2D eigenvalue weighted by molar-refractivity contribution is 6.25. The number of carbonyl (C=O) groups is 3. The molecule has 3 heterocycles. The van der Waals surface area contributed by atoms with E-state index in [4.69, 9.17) is 0 Å². The molecule has 0 aromatic heterocycles. The van der Waals surface area contributed by atoms with E-state index in [0.29, 0.717) is 30.6 Å². The molecule has 1 spiro atoms. The van der Waals surface area contributed by atoms with E-state index < -0.39 is 5.54 Å². The fourth-order valence-electron chi connectivity index (χ4n) is 5.62. The minimum Gasteiger partial charge on any atom is -0.377 e. The second-order valence-corrected chi connectivity index (χ2v) is 9.31. The van der Waals surface area contributed by atoms with Crippen LogP contribution in [0.3, 0.4) is 0 Å². The summed E-state index contributed by atoms with van der Waals surface area (Å²) in [7, 11) is 0. The molecule has 0 radical (unpaired) electrons. The maximum atomic E-state index is 13.1. The number of hydrogen-bond donors (Lipinski definition) is 1. The number of piperidine rings is 1. The van der Waals surface area contributed by atoms with Gasteiger partial charge in [-0.3, -0.25) is 19.3 Å². The SMILES string of the molecule is O=C1c2cccc3cccc(c23)C(=O)N1CC=CN1CCC2(CC1)C(=O)NCN2c1ccccc1. The van der Waals surface area contributed by atoms with Crippen molar-refractivity contribution in [3.8, 4) is 0 Å². The summed E-state index contributed by atoms with van der Waals surface area (Å²) in [6.45, 7) is 2.17. The fourth-order valence-corrected chi connectivity index (χ4v) is 5.62. The summed E-state index contributed by atoms with van der Waals surface area (Å²) in [6.07, 6.45) is 5.23. The largest absolute Gasteiger partial charge is 0.377 e. The molecule has 0 saturated carbocycles. The standard InChI is InChI=1S/C28H26N4O3/c33-25-22-11-4-7-20-8-5-12-23(24(20)22)26(34)31(25)16-6-15-30-17-13-28(14-18-30)27(35)29-19-32(28)21-9-2-1-3-10-21/h1-12,15H,13-14,16-19H2,(H,29,35). The first kappa shape index (κ1) is 21.4. The highest BCUT2D eigenvalue weighted by Gasteiger charge is 2.50. The van der Waals surface area contributed by atoms with Crippen molar-refractivity contribution >= 4 is 34.2 Å². The molecule has 3 aromatic rings. The zero-order valence-electron chi connectivity index (χ0n) is 19.3. The number of likely N-dealkylation sites (tertiary alicyclic amines) is 1. The van der Waals surface area contributed by atoms with Crippen LogP contribution in [0.25, 0.3) is 10.8 Å². The number of nitrogens with one attached hydrogen (secondary N) is 1. The number of carbonyl (C=O) groups excluding carboxylic acids is 3. The lowest BCUT2D eigenvalue weighted by molar-refractivity contribution is -0.124. The van der Waals surface area contributed by atoms with Gasteiger partial charge in [-0.05, 0) is 54.8 Å². The van der Waals surface area contributed by atoms with Crippen LogP contribution < -0.4 is 10.2 Å². The predicted molar refractivity (Wildman–Crippen MR) is 134 cm³/mol. The van der Waals surface area contributed by atoms with Crippen molar-refractivity contribution in [2.24, 2.45) is 0 Å². The molecule has 0 atom stereocenters. The van der Waals surface area contributed by atoms with Gasteiger partial charge in [0.05, 0.1) is 6.67 Å². The van der Waals surface area contributed by atoms with Crippen molar-refractivity contribution in [3.63, 3.8) is 0 Å². The van der Waals surface area contributed by atoms with E-state index in [1.54, 1.807) is 12.1 Å². The van der Waals surface area contributed by atoms with Gasteiger partial charge in [0, 0.05) is 41.8 Å². The van der Waals surface area contributed by atoms with Crippen LogP contribution in [0.1, 0.15) is 33.6 Å². The van der Waals surface area contributed by atoms with Crippen molar-refractivity contribution < 1.29 is 14.4 Å². The van der Waals surface area contributed by atoms with Crippen molar-refractivity contribution in [2.75, 3.05) is 31.2 Å². The first-order chi connectivity index (χ1) is 17.1. The highest BCUT2D eigenvalue weighted by atomic mass is 16.2. The van der Waals surface area contributed by atoms with Gasteiger partial charge < -0.3 is 15.1 Å². The lowest BCUT2D eigenvalue weighted by Crippen LogP contribution is -2.55. The quantitative estimate of drug-likeness (QED) is 0.597. The molecule has 3 aliphatic heterocycles. The van der Waals surface area contributed by atoms with Gasteiger partial charge in [0.25, 0.3) is 11.8 Å². The summed E-state index contributed by atoms with van der Waals surface area (Å²) >= 11 is 0. The zero-order valence-corrected chi connectivity index (χ0v) is 19.3. The average Bonchev–Trinajstić information content (AvgIpc) is 3.21. The van der Waals surface area contributed by atoms with E-state index in [9.17, 15) is 14.4 Å². The van der Waals surface area contributed by atoms with Crippen molar-refractivity contribution in [3.05, 3.63) is 90.1 Å². The third-order valence-corrected chi connectivity index (χ3v) is 7.49. The molecule has 176 valence electrons. The topological polar surface area (TPSA) is 73.0 Å². The molecule has 35 heavy (non-hydrogen) atoms. The Morgan fingerprint density at radius 3 is 2.14 bits per heavy atom. The lowest BCUT2D eigenvalue weighted by atomic mass is 9.86. The van der Waals surface area contributed by atoms with Gasteiger partial charge in [-0.25, -0.2) is 0 Å². The Hall–Kier alpha value is -4.13. The molecule has 2 fully saturated rings. The molecule has 7 nitrogen and oxygen atoms in total. The molecule has 3 aliphatic rings. The summed E-state index contributed by atoms with van der Waals surface area (Å²) in [5.41, 5.74) is 1.65.